The van der Waals surface area contributed by atoms with Crippen LogP contribution >= 0.6 is 0 Å². The van der Waals surface area contributed by atoms with E-state index in [4.69, 9.17) is 4.42 Å². The van der Waals surface area contributed by atoms with E-state index in [0.29, 0.717) is 30.3 Å². The summed E-state index contributed by atoms with van der Waals surface area (Å²) >= 11 is 0. The maximum absolute atomic E-state index is 5.62. The summed E-state index contributed by atoms with van der Waals surface area (Å²) in [6, 6.07) is 10.2. The Morgan fingerprint density at radius 1 is 1.11 bits per heavy atom. The molecule has 0 fully saturated rings. The minimum Gasteiger partial charge on any atom is -0.419 e. The first-order chi connectivity index (χ1) is 8.66. The highest BCUT2D eigenvalue weighted by Crippen LogP contribution is 2.16. The highest BCUT2D eigenvalue weighted by atomic mass is 16.4. The Morgan fingerprint density at radius 2 is 1.83 bits per heavy atom. The molecule has 1 heterocycles. The van der Waals surface area contributed by atoms with Crippen molar-refractivity contribution in [3.05, 3.63) is 36.2 Å². The summed E-state index contributed by atoms with van der Waals surface area (Å²) in [5.74, 6) is 1.78. The lowest BCUT2D eigenvalue weighted by atomic mass is 10.1. The van der Waals surface area contributed by atoms with E-state index in [0.717, 1.165) is 5.56 Å². The van der Waals surface area contributed by atoms with Gasteiger partial charge in [0.2, 0.25) is 11.8 Å². The maximum Gasteiger partial charge on any atom is 0.247 e. The van der Waals surface area contributed by atoms with Gasteiger partial charge < -0.3 is 9.73 Å². The van der Waals surface area contributed by atoms with E-state index >= 15 is 0 Å². The van der Waals surface area contributed by atoms with Crippen molar-refractivity contribution >= 4 is 0 Å². The highest BCUT2D eigenvalue weighted by molar-refractivity contribution is 5.51. The van der Waals surface area contributed by atoms with Crippen molar-refractivity contribution in [2.45, 2.75) is 33.4 Å². The predicted octanol–water partition coefficient (Wildman–Crippen LogP) is 2.87. The van der Waals surface area contributed by atoms with E-state index in [1.807, 2.05) is 30.3 Å². The smallest absolute Gasteiger partial charge is 0.247 e. The Morgan fingerprint density at radius 3 is 2.50 bits per heavy atom. The number of rotatable bonds is 5. The van der Waals surface area contributed by atoms with Crippen LogP contribution < -0.4 is 5.32 Å². The van der Waals surface area contributed by atoms with Crippen LogP contribution in [0.2, 0.25) is 0 Å². The van der Waals surface area contributed by atoms with Crippen LogP contribution in [0.1, 0.15) is 26.7 Å². The minimum absolute atomic E-state index is 0.428. The normalized spacial score (nSPS) is 12.9. The van der Waals surface area contributed by atoms with Crippen LogP contribution in [0.25, 0.3) is 11.5 Å². The lowest BCUT2D eigenvalue weighted by Crippen LogP contribution is -2.30. The van der Waals surface area contributed by atoms with Crippen molar-refractivity contribution in [3.8, 4) is 11.5 Å². The molecule has 0 aliphatic carbocycles. The molecule has 96 valence electrons. The van der Waals surface area contributed by atoms with Gasteiger partial charge in [-0.2, -0.15) is 0 Å². The second-order valence-electron chi connectivity index (χ2n) is 4.78. The summed E-state index contributed by atoms with van der Waals surface area (Å²) in [5.41, 5.74) is 0.952. The van der Waals surface area contributed by atoms with Gasteiger partial charge in [-0.15, -0.1) is 10.2 Å². The average Bonchev–Trinajstić information content (AvgIpc) is 2.85. The monoisotopic (exact) mass is 245 g/mol. The van der Waals surface area contributed by atoms with Crippen LogP contribution in [0.15, 0.2) is 34.7 Å². The number of nitrogens with zero attached hydrogens (tertiary/aromatic N) is 2. The molecule has 2 rings (SSSR count). The second kappa shape index (κ2) is 5.78. The zero-order chi connectivity index (χ0) is 13.0. The molecule has 1 unspecified atom stereocenters. The van der Waals surface area contributed by atoms with Gasteiger partial charge in [-0.1, -0.05) is 32.0 Å². The zero-order valence-electron chi connectivity index (χ0n) is 11.1. The molecule has 0 spiro atoms. The Bertz CT molecular complexity index is 479. The van der Waals surface area contributed by atoms with Gasteiger partial charge in [0.05, 0.1) is 6.54 Å². The quantitative estimate of drug-likeness (QED) is 0.880. The van der Waals surface area contributed by atoms with Crippen molar-refractivity contribution in [2.24, 2.45) is 5.92 Å². The molecule has 0 saturated carbocycles. The Kier molecular flexibility index (Phi) is 4.10. The number of hydrogen-bond acceptors (Lipinski definition) is 4. The van der Waals surface area contributed by atoms with Crippen LogP contribution in [0.4, 0.5) is 0 Å². The summed E-state index contributed by atoms with van der Waals surface area (Å²) in [4.78, 5) is 0. The highest BCUT2D eigenvalue weighted by Gasteiger charge is 2.10. The average molecular weight is 245 g/mol. The molecule has 0 aliphatic heterocycles. The third-order valence-electron chi connectivity index (χ3n) is 3.06. The van der Waals surface area contributed by atoms with Gasteiger partial charge in [0.1, 0.15) is 0 Å². The summed E-state index contributed by atoms with van der Waals surface area (Å²) in [6.07, 6.45) is 0. The molecule has 4 nitrogen and oxygen atoms in total. The first-order valence-electron chi connectivity index (χ1n) is 6.28. The fourth-order valence-electron chi connectivity index (χ4n) is 1.51. The van der Waals surface area contributed by atoms with E-state index < -0.39 is 0 Å². The minimum atomic E-state index is 0.428. The van der Waals surface area contributed by atoms with Crippen LogP contribution in [-0.4, -0.2) is 16.2 Å². The summed E-state index contributed by atoms with van der Waals surface area (Å²) in [6.45, 7) is 7.13. The van der Waals surface area contributed by atoms with E-state index in [9.17, 15) is 0 Å². The predicted molar refractivity (Wildman–Crippen MR) is 70.9 cm³/mol. The van der Waals surface area contributed by atoms with Gasteiger partial charge in [0.25, 0.3) is 0 Å². The number of hydrogen-bond donors (Lipinski definition) is 1. The Labute approximate surface area is 107 Å². The lowest BCUT2D eigenvalue weighted by Gasteiger charge is -2.15. The van der Waals surface area contributed by atoms with E-state index in [1.165, 1.54) is 0 Å². The topological polar surface area (TPSA) is 51.0 Å². The van der Waals surface area contributed by atoms with Crippen LogP contribution in [0.3, 0.4) is 0 Å². The van der Waals surface area contributed by atoms with Crippen molar-refractivity contribution < 1.29 is 4.42 Å². The van der Waals surface area contributed by atoms with Crippen LogP contribution in [0, 0.1) is 5.92 Å². The largest absolute Gasteiger partial charge is 0.419 e. The fraction of sp³-hybridized carbons (Fsp3) is 0.429. The molecule has 0 radical (unpaired) electrons. The van der Waals surface area contributed by atoms with Gasteiger partial charge in [-0.05, 0) is 25.0 Å². The lowest BCUT2D eigenvalue weighted by molar-refractivity contribution is 0.392. The molecule has 0 aliphatic rings. The third-order valence-corrected chi connectivity index (χ3v) is 3.06. The van der Waals surface area contributed by atoms with Crippen LogP contribution in [-0.2, 0) is 6.54 Å². The molecular formula is C14H19N3O. The van der Waals surface area contributed by atoms with Gasteiger partial charge in [-0.3, -0.25) is 0 Å². The molecule has 18 heavy (non-hydrogen) atoms. The van der Waals surface area contributed by atoms with Crippen LogP contribution in [0.5, 0.6) is 0 Å². The first-order valence-corrected chi connectivity index (χ1v) is 6.28. The molecule has 0 saturated heterocycles. The summed E-state index contributed by atoms with van der Waals surface area (Å²) < 4.78 is 5.62. The molecule has 4 heteroatoms. The number of aromatic nitrogens is 2. The SMILES string of the molecule is CC(C)C(C)NCc1nnc(-c2ccccc2)o1. The van der Waals surface area contributed by atoms with Crippen molar-refractivity contribution in [2.75, 3.05) is 0 Å². The standard InChI is InChI=1S/C14H19N3O/c1-10(2)11(3)15-9-13-16-17-14(18-13)12-7-5-4-6-8-12/h4-8,10-11,15H,9H2,1-3H3. The Balaban J connectivity index is 1.99. The van der Waals surface area contributed by atoms with Crippen molar-refractivity contribution in [1.29, 1.82) is 0 Å². The molecule has 0 bridgehead atoms. The zero-order valence-corrected chi connectivity index (χ0v) is 11.1. The van der Waals surface area contributed by atoms with E-state index in [-0.39, 0.29) is 0 Å². The third kappa shape index (κ3) is 3.17. The maximum atomic E-state index is 5.62. The molecular weight excluding hydrogens is 226 g/mol. The van der Waals surface area contributed by atoms with Gasteiger partial charge in [-0.25, -0.2) is 0 Å². The van der Waals surface area contributed by atoms with Crippen molar-refractivity contribution in [3.63, 3.8) is 0 Å². The number of benzene rings is 1. The van der Waals surface area contributed by atoms with Gasteiger partial charge in [0.15, 0.2) is 0 Å². The molecule has 0 amide bonds. The van der Waals surface area contributed by atoms with Gasteiger partial charge in [0, 0.05) is 11.6 Å². The second-order valence-corrected chi connectivity index (χ2v) is 4.78. The Hall–Kier alpha value is -1.68. The number of nitrogens with one attached hydrogen (secondary N) is 1. The van der Waals surface area contributed by atoms with Gasteiger partial charge >= 0.3 is 0 Å². The first kappa shape index (κ1) is 12.8. The molecule has 1 aromatic carbocycles. The summed E-state index contributed by atoms with van der Waals surface area (Å²) in [5, 5.41) is 11.5. The van der Waals surface area contributed by atoms with Crippen molar-refractivity contribution in [1.82, 2.24) is 15.5 Å². The summed E-state index contributed by atoms with van der Waals surface area (Å²) in [7, 11) is 0. The molecule has 1 aromatic heterocycles. The fourth-order valence-corrected chi connectivity index (χ4v) is 1.51. The van der Waals surface area contributed by atoms with E-state index in [1.54, 1.807) is 0 Å². The molecule has 1 N–H and O–H groups in total. The van der Waals surface area contributed by atoms with E-state index in [2.05, 4.69) is 36.3 Å². The molecule has 2 aromatic rings. The molecule has 1 atom stereocenters.